The SMILES string of the molecule is CCN1C(=O)C(c2ccc([N+](=O)[O-])cc2)=C(N2CCN(c3ccccn3)CC2)C1=O. The number of imide groups is 1. The number of anilines is 1. The number of nitrogens with zero attached hydrogens (tertiary/aromatic N) is 5. The smallest absolute Gasteiger partial charge is 0.277 e. The predicted molar refractivity (Wildman–Crippen MR) is 110 cm³/mol. The van der Waals surface area contributed by atoms with Crippen molar-refractivity contribution >= 4 is 28.9 Å². The normalized spacial score (nSPS) is 17.2. The summed E-state index contributed by atoms with van der Waals surface area (Å²) >= 11 is 0. The highest BCUT2D eigenvalue weighted by molar-refractivity contribution is 6.35. The molecule has 9 nitrogen and oxygen atoms in total. The molecule has 0 N–H and O–H groups in total. The van der Waals surface area contributed by atoms with Crippen LogP contribution in [0, 0.1) is 10.1 Å². The van der Waals surface area contributed by atoms with Crippen LogP contribution in [-0.4, -0.2) is 64.2 Å². The van der Waals surface area contributed by atoms with E-state index in [9.17, 15) is 19.7 Å². The van der Waals surface area contributed by atoms with Crippen LogP contribution in [0.25, 0.3) is 5.57 Å². The molecule has 1 saturated heterocycles. The summed E-state index contributed by atoms with van der Waals surface area (Å²) in [6.07, 6.45) is 1.75. The first-order valence-corrected chi connectivity index (χ1v) is 9.77. The molecule has 0 unspecified atom stereocenters. The van der Waals surface area contributed by atoms with E-state index in [0.29, 0.717) is 43.0 Å². The van der Waals surface area contributed by atoms with E-state index in [0.717, 1.165) is 5.82 Å². The van der Waals surface area contributed by atoms with Crippen LogP contribution in [0.2, 0.25) is 0 Å². The van der Waals surface area contributed by atoms with E-state index in [1.54, 1.807) is 13.1 Å². The first-order chi connectivity index (χ1) is 14.5. The molecule has 154 valence electrons. The Balaban J connectivity index is 1.65. The third-order valence-corrected chi connectivity index (χ3v) is 5.40. The maximum absolute atomic E-state index is 13.0. The average molecular weight is 407 g/mol. The molecule has 2 amide bonds. The van der Waals surface area contributed by atoms with Crippen LogP contribution in [0.5, 0.6) is 0 Å². The molecule has 0 saturated carbocycles. The summed E-state index contributed by atoms with van der Waals surface area (Å²) in [5.74, 6) is 0.200. The monoisotopic (exact) mass is 407 g/mol. The number of benzene rings is 1. The molecule has 0 bridgehead atoms. The Labute approximate surface area is 173 Å². The van der Waals surface area contributed by atoms with E-state index >= 15 is 0 Å². The second-order valence-corrected chi connectivity index (χ2v) is 7.04. The molecule has 9 heteroatoms. The third-order valence-electron chi connectivity index (χ3n) is 5.40. The fourth-order valence-corrected chi connectivity index (χ4v) is 3.85. The van der Waals surface area contributed by atoms with E-state index in [4.69, 9.17) is 0 Å². The minimum Gasteiger partial charge on any atom is -0.363 e. The lowest BCUT2D eigenvalue weighted by molar-refractivity contribution is -0.384. The van der Waals surface area contributed by atoms with Crippen molar-refractivity contribution in [3.63, 3.8) is 0 Å². The molecule has 1 aromatic carbocycles. The summed E-state index contributed by atoms with van der Waals surface area (Å²) in [7, 11) is 0. The molecule has 1 fully saturated rings. The van der Waals surface area contributed by atoms with Gasteiger partial charge in [-0.3, -0.25) is 24.6 Å². The lowest BCUT2D eigenvalue weighted by atomic mass is 10.0. The molecule has 2 aliphatic rings. The number of piperazine rings is 1. The number of amides is 2. The van der Waals surface area contributed by atoms with Gasteiger partial charge in [-0.1, -0.05) is 6.07 Å². The molecule has 30 heavy (non-hydrogen) atoms. The van der Waals surface area contributed by atoms with E-state index < -0.39 is 4.92 Å². The molecular weight excluding hydrogens is 386 g/mol. The van der Waals surface area contributed by atoms with Crippen LogP contribution in [-0.2, 0) is 9.59 Å². The van der Waals surface area contributed by atoms with Gasteiger partial charge in [-0.05, 0) is 36.8 Å². The van der Waals surface area contributed by atoms with Crippen LogP contribution in [0.3, 0.4) is 0 Å². The van der Waals surface area contributed by atoms with Gasteiger partial charge in [0, 0.05) is 51.1 Å². The quantitative estimate of drug-likeness (QED) is 0.424. The van der Waals surface area contributed by atoms with Crippen molar-refractivity contribution in [1.82, 2.24) is 14.8 Å². The third kappa shape index (κ3) is 3.38. The van der Waals surface area contributed by atoms with Gasteiger partial charge in [0.15, 0.2) is 0 Å². The first kappa shape index (κ1) is 19.6. The summed E-state index contributed by atoms with van der Waals surface area (Å²) in [5, 5.41) is 11.0. The van der Waals surface area contributed by atoms with Crippen molar-refractivity contribution in [1.29, 1.82) is 0 Å². The topological polar surface area (TPSA) is 99.9 Å². The number of nitro benzene ring substituents is 1. The van der Waals surface area contributed by atoms with Crippen molar-refractivity contribution in [2.45, 2.75) is 6.92 Å². The standard InChI is InChI=1S/C21H21N5O4/c1-2-25-20(27)18(15-6-8-16(9-7-15)26(29)30)19(21(25)28)24-13-11-23(12-14-24)17-5-3-4-10-22-17/h3-10H,2,11-14H2,1H3. The first-order valence-electron chi connectivity index (χ1n) is 9.77. The highest BCUT2D eigenvalue weighted by Gasteiger charge is 2.41. The Morgan fingerprint density at radius 1 is 0.967 bits per heavy atom. The molecule has 1 aromatic heterocycles. The zero-order chi connectivity index (χ0) is 21.3. The van der Waals surface area contributed by atoms with Gasteiger partial charge in [0.25, 0.3) is 17.5 Å². The van der Waals surface area contributed by atoms with Gasteiger partial charge in [0.05, 0.1) is 10.5 Å². The Bertz CT molecular complexity index is 1010. The van der Waals surface area contributed by atoms with E-state index in [1.807, 2.05) is 23.1 Å². The number of likely N-dealkylation sites (N-methyl/N-ethyl adjacent to an activating group) is 1. The van der Waals surface area contributed by atoms with Crippen molar-refractivity contribution in [2.75, 3.05) is 37.6 Å². The van der Waals surface area contributed by atoms with Crippen molar-refractivity contribution in [3.05, 3.63) is 70.0 Å². The maximum Gasteiger partial charge on any atom is 0.277 e. The summed E-state index contributed by atoms with van der Waals surface area (Å²) in [6, 6.07) is 11.5. The van der Waals surface area contributed by atoms with Crippen LogP contribution < -0.4 is 4.90 Å². The molecule has 0 spiro atoms. The lowest BCUT2D eigenvalue weighted by Crippen LogP contribution is -2.47. The number of carbonyl (C=O) groups excluding carboxylic acids is 2. The molecule has 2 aromatic rings. The summed E-state index contributed by atoms with van der Waals surface area (Å²) < 4.78 is 0. The Morgan fingerprint density at radius 2 is 1.63 bits per heavy atom. The van der Waals surface area contributed by atoms with Gasteiger partial charge in [-0.25, -0.2) is 4.98 Å². The Hall–Kier alpha value is -3.75. The number of pyridine rings is 1. The largest absolute Gasteiger partial charge is 0.363 e. The maximum atomic E-state index is 13.0. The number of non-ortho nitro benzene ring substituents is 1. The Morgan fingerprint density at radius 3 is 2.20 bits per heavy atom. The van der Waals surface area contributed by atoms with Crippen LogP contribution >= 0.6 is 0 Å². The van der Waals surface area contributed by atoms with E-state index in [2.05, 4.69) is 9.88 Å². The summed E-state index contributed by atoms with van der Waals surface area (Å²) in [4.78, 5) is 46.1. The van der Waals surface area contributed by atoms with Crippen molar-refractivity contribution < 1.29 is 14.5 Å². The zero-order valence-electron chi connectivity index (χ0n) is 16.5. The van der Waals surface area contributed by atoms with Crippen LogP contribution in [0.1, 0.15) is 12.5 Å². The van der Waals surface area contributed by atoms with Gasteiger partial charge in [0.2, 0.25) is 0 Å². The minimum absolute atomic E-state index is 0.0611. The second kappa shape index (κ2) is 7.94. The molecule has 2 aliphatic heterocycles. The van der Waals surface area contributed by atoms with Crippen molar-refractivity contribution in [2.24, 2.45) is 0 Å². The molecule has 0 atom stereocenters. The predicted octanol–water partition coefficient (Wildman–Crippen LogP) is 1.91. The van der Waals surface area contributed by atoms with Crippen molar-refractivity contribution in [3.8, 4) is 0 Å². The lowest BCUT2D eigenvalue weighted by Gasteiger charge is -2.37. The summed E-state index contributed by atoms with van der Waals surface area (Å²) in [6.45, 7) is 4.50. The van der Waals surface area contributed by atoms with Crippen LogP contribution in [0.15, 0.2) is 54.4 Å². The van der Waals surface area contributed by atoms with Gasteiger partial charge in [-0.2, -0.15) is 0 Å². The van der Waals surface area contributed by atoms with Gasteiger partial charge in [0.1, 0.15) is 11.5 Å². The van der Waals surface area contributed by atoms with E-state index in [-0.39, 0.29) is 24.0 Å². The van der Waals surface area contributed by atoms with E-state index in [1.165, 1.54) is 29.2 Å². The molecule has 0 aliphatic carbocycles. The number of aromatic nitrogens is 1. The fourth-order valence-electron chi connectivity index (χ4n) is 3.85. The second-order valence-electron chi connectivity index (χ2n) is 7.04. The number of hydrogen-bond acceptors (Lipinski definition) is 7. The number of carbonyl (C=O) groups is 2. The molecule has 3 heterocycles. The fraction of sp³-hybridized carbons (Fsp3) is 0.286. The van der Waals surface area contributed by atoms with Crippen LogP contribution in [0.4, 0.5) is 11.5 Å². The van der Waals surface area contributed by atoms with Gasteiger partial charge >= 0.3 is 0 Å². The average Bonchev–Trinajstić information content (AvgIpc) is 3.04. The zero-order valence-corrected chi connectivity index (χ0v) is 16.5. The minimum atomic E-state index is -0.490. The highest BCUT2D eigenvalue weighted by Crippen LogP contribution is 2.33. The van der Waals surface area contributed by atoms with Gasteiger partial charge in [-0.15, -0.1) is 0 Å². The highest BCUT2D eigenvalue weighted by atomic mass is 16.6. The molecular formula is C21H21N5O4. The number of hydrogen-bond donors (Lipinski definition) is 0. The van der Waals surface area contributed by atoms with Gasteiger partial charge < -0.3 is 9.80 Å². The number of nitro groups is 1. The molecule has 0 radical (unpaired) electrons. The Kier molecular flexibility index (Phi) is 5.18. The number of rotatable bonds is 5. The molecule has 4 rings (SSSR count). The summed E-state index contributed by atoms with van der Waals surface area (Å²) in [5.41, 5.74) is 1.13.